The fourth-order valence-electron chi connectivity index (χ4n) is 1.95. The average Bonchev–Trinajstić information content (AvgIpc) is 2.54. The molecule has 7 nitrogen and oxygen atoms in total. The summed E-state index contributed by atoms with van der Waals surface area (Å²) in [6.45, 7) is 1.30. The van der Waals surface area contributed by atoms with Crippen molar-refractivity contribution in [3.05, 3.63) is 42.0 Å². The lowest BCUT2D eigenvalue weighted by Gasteiger charge is -2.13. The van der Waals surface area contributed by atoms with Crippen LogP contribution in [0.1, 0.15) is 17.3 Å². The van der Waals surface area contributed by atoms with E-state index in [0.717, 1.165) is 12.5 Å². The molecule has 120 valence electrons. The monoisotopic (exact) mass is 317 g/mol. The molecule has 2 amide bonds. The van der Waals surface area contributed by atoms with Crippen molar-refractivity contribution in [1.82, 2.24) is 5.32 Å². The first-order valence-corrected chi connectivity index (χ1v) is 6.74. The van der Waals surface area contributed by atoms with E-state index in [9.17, 15) is 19.5 Å². The van der Waals surface area contributed by atoms with Gasteiger partial charge in [-0.05, 0) is 18.4 Å². The Hall–Kier alpha value is -3.09. The molecule has 0 fully saturated rings. The van der Waals surface area contributed by atoms with E-state index in [1.165, 1.54) is 13.0 Å². The van der Waals surface area contributed by atoms with Gasteiger partial charge in [-0.25, -0.2) is 9.59 Å². The summed E-state index contributed by atoms with van der Waals surface area (Å²) in [6.07, 6.45) is -2.18. The summed E-state index contributed by atoms with van der Waals surface area (Å²) in [7, 11) is 1.10. The average molecular weight is 317 g/mol. The van der Waals surface area contributed by atoms with Gasteiger partial charge in [-0.1, -0.05) is 30.3 Å². The molecule has 2 N–H and O–H groups in total. The standard InChI is InChI=1S/C16H15NO6/c1-9(14(19)17-16(21)22-2)23-15(20)12-8-7-10-5-3-4-6-11(10)13(12)18/h3-9,18H,1-2H3,(H,17,19,21)/t9-/m0/s1. The van der Waals surface area contributed by atoms with Crippen molar-refractivity contribution < 1.29 is 29.0 Å². The van der Waals surface area contributed by atoms with Crippen LogP contribution < -0.4 is 5.32 Å². The van der Waals surface area contributed by atoms with E-state index in [1.807, 2.05) is 5.32 Å². The van der Waals surface area contributed by atoms with Crippen LogP contribution in [0.3, 0.4) is 0 Å². The Morgan fingerprint density at radius 1 is 1.13 bits per heavy atom. The molecule has 0 spiro atoms. The summed E-state index contributed by atoms with van der Waals surface area (Å²) in [5, 5.41) is 13.3. The summed E-state index contributed by atoms with van der Waals surface area (Å²) >= 11 is 0. The number of rotatable bonds is 3. The largest absolute Gasteiger partial charge is 0.506 e. The van der Waals surface area contributed by atoms with Gasteiger partial charge in [-0.3, -0.25) is 10.1 Å². The predicted molar refractivity (Wildman–Crippen MR) is 81.0 cm³/mol. The number of phenolic OH excluding ortho intramolecular Hbond substituents is 1. The van der Waals surface area contributed by atoms with E-state index in [4.69, 9.17) is 4.74 Å². The number of methoxy groups -OCH3 is 1. The van der Waals surface area contributed by atoms with Gasteiger partial charge < -0.3 is 14.6 Å². The molecule has 2 aromatic carbocycles. The first kappa shape index (κ1) is 16.3. The Labute approximate surface area is 131 Å². The molecule has 0 aliphatic heterocycles. The van der Waals surface area contributed by atoms with E-state index >= 15 is 0 Å². The lowest BCUT2D eigenvalue weighted by Crippen LogP contribution is -2.39. The van der Waals surface area contributed by atoms with E-state index < -0.39 is 24.1 Å². The van der Waals surface area contributed by atoms with Crippen molar-refractivity contribution >= 4 is 28.7 Å². The van der Waals surface area contributed by atoms with Crippen LogP contribution in [-0.2, 0) is 14.3 Å². The molecule has 1 atom stereocenters. The maximum Gasteiger partial charge on any atom is 0.413 e. The first-order valence-electron chi connectivity index (χ1n) is 6.74. The van der Waals surface area contributed by atoms with Gasteiger partial charge in [-0.15, -0.1) is 0 Å². The van der Waals surface area contributed by atoms with Gasteiger partial charge in [0.1, 0.15) is 11.3 Å². The normalized spacial score (nSPS) is 11.6. The van der Waals surface area contributed by atoms with Crippen LogP contribution in [0.25, 0.3) is 10.8 Å². The number of imide groups is 1. The summed E-state index contributed by atoms with van der Waals surface area (Å²) in [5.74, 6) is -1.93. The molecular formula is C16H15NO6. The first-order chi connectivity index (χ1) is 10.9. The molecule has 0 aromatic heterocycles. The van der Waals surface area contributed by atoms with Crippen LogP contribution in [0.15, 0.2) is 36.4 Å². The molecule has 0 bridgehead atoms. The number of phenols is 1. The highest BCUT2D eigenvalue weighted by molar-refractivity contribution is 6.02. The number of fused-ring (bicyclic) bond motifs is 1. The van der Waals surface area contributed by atoms with Crippen molar-refractivity contribution in [2.75, 3.05) is 7.11 Å². The van der Waals surface area contributed by atoms with Gasteiger partial charge in [0.25, 0.3) is 5.91 Å². The van der Waals surface area contributed by atoms with E-state index in [-0.39, 0.29) is 11.3 Å². The fourth-order valence-corrected chi connectivity index (χ4v) is 1.95. The molecule has 23 heavy (non-hydrogen) atoms. The molecule has 0 saturated carbocycles. The molecule has 2 rings (SSSR count). The second-order valence-electron chi connectivity index (χ2n) is 4.71. The summed E-state index contributed by atoms with van der Waals surface area (Å²) in [5.41, 5.74) is -0.0681. The van der Waals surface area contributed by atoms with Crippen LogP contribution >= 0.6 is 0 Å². The number of nitrogens with one attached hydrogen (secondary N) is 1. The Morgan fingerprint density at radius 3 is 2.52 bits per heavy atom. The number of esters is 1. The maximum atomic E-state index is 12.1. The predicted octanol–water partition coefficient (Wildman–Crippen LogP) is 1.97. The van der Waals surface area contributed by atoms with Crippen LogP contribution in [0.4, 0.5) is 4.79 Å². The van der Waals surface area contributed by atoms with Gasteiger partial charge in [-0.2, -0.15) is 0 Å². The van der Waals surface area contributed by atoms with Crippen LogP contribution in [0.2, 0.25) is 0 Å². The minimum absolute atomic E-state index is 0.0681. The second-order valence-corrected chi connectivity index (χ2v) is 4.71. The zero-order chi connectivity index (χ0) is 17.0. The maximum absolute atomic E-state index is 12.1. The third kappa shape index (κ3) is 3.57. The number of carbonyl (C=O) groups excluding carboxylic acids is 3. The molecular weight excluding hydrogens is 302 g/mol. The van der Waals surface area contributed by atoms with Crippen molar-refractivity contribution in [2.45, 2.75) is 13.0 Å². The van der Waals surface area contributed by atoms with Crippen molar-refractivity contribution in [3.63, 3.8) is 0 Å². The molecule has 0 aliphatic carbocycles. The number of benzene rings is 2. The van der Waals surface area contributed by atoms with Gasteiger partial charge in [0.2, 0.25) is 0 Å². The van der Waals surface area contributed by atoms with Gasteiger partial charge in [0.15, 0.2) is 6.10 Å². The number of ether oxygens (including phenoxy) is 2. The van der Waals surface area contributed by atoms with Gasteiger partial charge in [0.05, 0.1) is 7.11 Å². The lowest BCUT2D eigenvalue weighted by atomic mass is 10.1. The molecule has 0 saturated heterocycles. The summed E-state index contributed by atoms with van der Waals surface area (Å²) in [4.78, 5) is 34.7. The highest BCUT2D eigenvalue weighted by Crippen LogP contribution is 2.29. The smallest absolute Gasteiger partial charge is 0.413 e. The van der Waals surface area contributed by atoms with Crippen LogP contribution in [0.5, 0.6) is 5.75 Å². The van der Waals surface area contributed by atoms with E-state index in [1.54, 1.807) is 30.3 Å². The number of aromatic hydroxyl groups is 1. The highest BCUT2D eigenvalue weighted by atomic mass is 16.6. The van der Waals surface area contributed by atoms with E-state index in [2.05, 4.69) is 4.74 Å². The highest BCUT2D eigenvalue weighted by Gasteiger charge is 2.23. The third-order valence-corrected chi connectivity index (χ3v) is 3.18. The van der Waals surface area contributed by atoms with Crippen molar-refractivity contribution in [1.29, 1.82) is 0 Å². The molecule has 0 radical (unpaired) electrons. The molecule has 0 unspecified atom stereocenters. The fraction of sp³-hybridized carbons (Fsp3) is 0.188. The minimum Gasteiger partial charge on any atom is -0.506 e. The molecule has 0 heterocycles. The van der Waals surface area contributed by atoms with Gasteiger partial charge in [0, 0.05) is 5.39 Å². The van der Waals surface area contributed by atoms with Crippen LogP contribution in [-0.4, -0.2) is 36.3 Å². The number of hydrogen-bond acceptors (Lipinski definition) is 6. The SMILES string of the molecule is COC(=O)NC(=O)[C@H](C)OC(=O)c1ccc2ccccc2c1O. The third-order valence-electron chi connectivity index (χ3n) is 3.18. The number of amides is 2. The topological polar surface area (TPSA) is 102 Å². The number of hydrogen-bond donors (Lipinski definition) is 2. The molecule has 7 heteroatoms. The summed E-state index contributed by atoms with van der Waals surface area (Å²) < 4.78 is 9.23. The Balaban J connectivity index is 2.16. The lowest BCUT2D eigenvalue weighted by molar-refractivity contribution is -0.128. The quantitative estimate of drug-likeness (QED) is 0.839. The Morgan fingerprint density at radius 2 is 1.83 bits per heavy atom. The zero-order valence-electron chi connectivity index (χ0n) is 12.5. The Bertz CT molecular complexity index is 770. The molecule has 0 aliphatic rings. The second kappa shape index (κ2) is 6.78. The summed E-state index contributed by atoms with van der Waals surface area (Å²) in [6, 6.07) is 10.0. The number of alkyl carbamates (subject to hydrolysis) is 1. The van der Waals surface area contributed by atoms with Gasteiger partial charge >= 0.3 is 12.1 Å². The van der Waals surface area contributed by atoms with Crippen LogP contribution in [0, 0.1) is 0 Å². The molecule has 2 aromatic rings. The van der Waals surface area contributed by atoms with Crippen molar-refractivity contribution in [3.8, 4) is 5.75 Å². The van der Waals surface area contributed by atoms with Crippen molar-refractivity contribution in [2.24, 2.45) is 0 Å². The Kier molecular flexibility index (Phi) is 4.80. The number of carbonyl (C=O) groups is 3. The van der Waals surface area contributed by atoms with E-state index in [0.29, 0.717) is 5.39 Å². The zero-order valence-corrected chi connectivity index (χ0v) is 12.5. The minimum atomic E-state index is -1.23.